The summed E-state index contributed by atoms with van der Waals surface area (Å²) in [6, 6.07) is 0. The smallest absolute Gasteiger partial charge is 0.128 e. The number of fused-ring (bicyclic) bond motifs is 1. The van der Waals surface area contributed by atoms with E-state index in [1.807, 2.05) is 0 Å². The Morgan fingerprint density at radius 3 is 2.94 bits per heavy atom. The largest absolute Gasteiger partial charge is 0.241 e. The monoisotopic (exact) mass is 218 g/mol. The fourth-order valence-corrected chi connectivity index (χ4v) is 2.62. The van der Waals surface area contributed by atoms with E-state index >= 15 is 0 Å². The summed E-state index contributed by atoms with van der Waals surface area (Å²) in [7, 11) is 0. The Labute approximate surface area is 98.5 Å². The molecule has 1 atom stereocenters. The SMILES string of the molecule is CCCc1ncc2c(n1)CCC(CCC)C2. The van der Waals surface area contributed by atoms with Gasteiger partial charge in [-0.2, -0.15) is 0 Å². The van der Waals surface area contributed by atoms with Crippen LogP contribution >= 0.6 is 0 Å². The molecule has 0 bridgehead atoms. The van der Waals surface area contributed by atoms with E-state index in [0.29, 0.717) is 0 Å². The maximum atomic E-state index is 4.69. The molecule has 0 fully saturated rings. The van der Waals surface area contributed by atoms with Crippen LogP contribution in [0.4, 0.5) is 0 Å². The van der Waals surface area contributed by atoms with Crippen molar-refractivity contribution in [3.63, 3.8) is 0 Å². The molecular weight excluding hydrogens is 196 g/mol. The minimum Gasteiger partial charge on any atom is -0.241 e. The summed E-state index contributed by atoms with van der Waals surface area (Å²) in [5, 5.41) is 0. The van der Waals surface area contributed by atoms with Crippen molar-refractivity contribution in [3.8, 4) is 0 Å². The molecule has 1 heterocycles. The van der Waals surface area contributed by atoms with Crippen LogP contribution in [0.1, 0.15) is 56.6 Å². The molecule has 0 aromatic carbocycles. The molecule has 2 rings (SSSR count). The predicted molar refractivity (Wildman–Crippen MR) is 66.5 cm³/mol. The van der Waals surface area contributed by atoms with Gasteiger partial charge < -0.3 is 0 Å². The van der Waals surface area contributed by atoms with Crippen molar-refractivity contribution in [1.82, 2.24) is 9.97 Å². The van der Waals surface area contributed by atoms with Crippen molar-refractivity contribution in [2.24, 2.45) is 5.92 Å². The van der Waals surface area contributed by atoms with Crippen molar-refractivity contribution in [2.45, 2.75) is 58.8 Å². The van der Waals surface area contributed by atoms with Crippen molar-refractivity contribution in [2.75, 3.05) is 0 Å². The van der Waals surface area contributed by atoms with Crippen molar-refractivity contribution < 1.29 is 0 Å². The first-order valence-corrected chi connectivity index (χ1v) is 6.67. The van der Waals surface area contributed by atoms with Gasteiger partial charge in [0.05, 0.1) is 0 Å². The molecule has 1 unspecified atom stereocenters. The molecule has 1 aliphatic carbocycles. The molecule has 0 saturated heterocycles. The van der Waals surface area contributed by atoms with Crippen molar-refractivity contribution >= 4 is 0 Å². The van der Waals surface area contributed by atoms with Crippen LogP contribution in [0.5, 0.6) is 0 Å². The van der Waals surface area contributed by atoms with Gasteiger partial charge in [0.15, 0.2) is 0 Å². The lowest BCUT2D eigenvalue weighted by Crippen LogP contribution is -2.17. The first-order valence-electron chi connectivity index (χ1n) is 6.67. The topological polar surface area (TPSA) is 25.8 Å². The fourth-order valence-electron chi connectivity index (χ4n) is 2.62. The Balaban J connectivity index is 2.09. The molecule has 0 radical (unpaired) electrons. The summed E-state index contributed by atoms with van der Waals surface area (Å²) >= 11 is 0. The highest BCUT2D eigenvalue weighted by molar-refractivity contribution is 5.21. The van der Waals surface area contributed by atoms with Gasteiger partial charge in [-0.05, 0) is 37.2 Å². The van der Waals surface area contributed by atoms with Gasteiger partial charge in [0, 0.05) is 18.3 Å². The molecule has 2 nitrogen and oxygen atoms in total. The molecule has 88 valence electrons. The van der Waals surface area contributed by atoms with Crippen molar-refractivity contribution in [3.05, 3.63) is 23.3 Å². The molecule has 1 aromatic rings. The molecule has 16 heavy (non-hydrogen) atoms. The number of aryl methyl sites for hydroxylation is 2. The van der Waals surface area contributed by atoms with Gasteiger partial charge >= 0.3 is 0 Å². The van der Waals surface area contributed by atoms with Gasteiger partial charge in [0.2, 0.25) is 0 Å². The lowest BCUT2D eigenvalue weighted by Gasteiger charge is -2.23. The summed E-state index contributed by atoms with van der Waals surface area (Å²) in [4.78, 5) is 9.15. The third kappa shape index (κ3) is 2.60. The number of nitrogens with zero attached hydrogens (tertiary/aromatic N) is 2. The molecule has 0 spiro atoms. The van der Waals surface area contributed by atoms with E-state index in [4.69, 9.17) is 0 Å². The zero-order valence-electron chi connectivity index (χ0n) is 10.5. The van der Waals surface area contributed by atoms with Crippen LogP contribution in [0.2, 0.25) is 0 Å². The molecule has 0 amide bonds. The van der Waals surface area contributed by atoms with E-state index in [-0.39, 0.29) is 0 Å². The van der Waals surface area contributed by atoms with E-state index in [1.165, 1.54) is 43.4 Å². The Morgan fingerprint density at radius 2 is 2.19 bits per heavy atom. The maximum absolute atomic E-state index is 4.69. The van der Waals surface area contributed by atoms with E-state index in [9.17, 15) is 0 Å². The zero-order chi connectivity index (χ0) is 11.4. The second kappa shape index (κ2) is 5.42. The van der Waals surface area contributed by atoms with Crippen LogP contribution in [0.25, 0.3) is 0 Å². The van der Waals surface area contributed by atoms with Gasteiger partial charge in [0.25, 0.3) is 0 Å². The van der Waals surface area contributed by atoms with E-state index in [1.54, 1.807) is 0 Å². The highest BCUT2D eigenvalue weighted by Gasteiger charge is 2.19. The molecule has 0 saturated carbocycles. The predicted octanol–water partition coefficient (Wildman–Crippen LogP) is 3.33. The van der Waals surface area contributed by atoms with Gasteiger partial charge in [-0.25, -0.2) is 9.97 Å². The first kappa shape index (κ1) is 11.6. The van der Waals surface area contributed by atoms with Crippen LogP contribution in [0.3, 0.4) is 0 Å². The van der Waals surface area contributed by atoms with E-state index < -0.39 is 0 Å². The highest BCUT2D eigenvalue weighted by atomic mass is 14.9. The van der Waals surface area contributed by atoms with Crippen LogP contribution in [0, 0.1) is 5.92 Å². The summed E-state index contributed by atoms with van der Waals surface area (Å²) < 4.78 is 0. The van der Waals surface area contributed by atoms with Crippen LogP contribution in [-0.4, -0.2) is 9.97 Å². The standard InChI is InChI=1S/C14H22N2/c1-3-5-11-7-8-13-12(9-11)10-15-14(16-13)6-4-2/h10-11H,3-9H2,1-2H3. The molecule has 1 aliphatic rings. The summed E-state index contributed by atoms with van der Waals surface area (Å²) in [5.74, 6) is 1.91. The third-order valence-corrected chi connectivity index (χ3v) is 3.47. The minimum absolute atomic E-state index is 0.873. The fraction of sp³-hybridized carbons (Fsp3) is 0.714. The van der Waals surface area contributed by atoms with Gasteiger partial charge in [-0.15, -0.1) is 0 Å². The maximum Gasteiger partial charge on any atom is 0.128 e. The molecule has 0 aliphatic heterocycles. The highest BCUT2D eigenvalue weighted by Crippen LogP contribution is 2.26. The summed E-state index contributed by atoms with van der Waals surface area (Å²) in [6.07, 6.45) is 10.6. The van der Waals surface area contributed by atoms with Crippen LogP contribution in [-0.2, 0) is 19.3 Å². The van der Waals surface area contributed by atoms with Crippen molar-refractivity contribution in [1.29, 1.82) is 0 Å². The molecule has 0 N–H and O–H groups in total. The van der Waals surface area contributed by atoms with E-state index in [2.05, 4.69) is 30.0 Å². The average Bonchev–Trinajstić information content (AvgIpc) is 2.30. The van der Waals surface area contributed by atoms with E-state index in [0.717, 1.165) is 24.6 Å². The quantitative estimate of drug-likeness (QED) is 0.774. The zero-order valence-corrected chi connectivity index (χ0v) is 10.5. The Bertz CT molecular complexity index is 347. The molecular formula is C14H22N2. The van der Waals surface area contributed by atoms with Gasteiger partial charge in [-0.1, -0.05) is 26.7 Å². The number of hydrogen-bond acceptors (Lipinski definition) is 2. The van der Waals surface area contributed by atoms with Gasteiger partial charge in [-0.3, -0.25) is 0 Å². The number of rotatable bonds is 4. The second-order valence-corrected chi connectivity index (χ2v) is 4.91. The lowest BCUT2D eigenvalue weighted by molar-refractivity contribution is 0.416. The number of hydrogen-bond donors (Lipinski definition) is 0. The summed E-state index contributed by atoms with van der Waals surface area (Å²) in [5.41, 5.74) is 2.73. The molecule has 1 aromatic heterocycles. The van der Waals surface area contributed by atoms with Gasteiger partial charge in [0.1, 0.15) is 5.82 Å². The second-order valence-electron chi connectivity index (χ2n) is 4.91. The average molecular weight is 218 g/mol. The molecule has 2 heteroatoms. The van der Waals surface area contributed by atoms with Crippen LogP contribution in [0.15, 0.2) is 6.20 Å². The lowest BCUT2D eigenvalue weighted by atomic mass is 9.84. The summed E-state index contributed by atoms with van der Waals surface area (Å²) in [6.45, 7) is 4.45. The third-order valence-electron chi connectivity index (χ3n) is 3.47. The Hall–Kier alpha value is -0.920. The normalized spacial score (nSPS) is 19.5. The van der Waals surface area contributed by atoms with Crippen LogP contribution < -0.4 is 0 Å². The minimum atomic E-state index is 0.873. The Morgan fingerprint density at radius 1 is 1.31 bits per heavy atom. The number of aromatic nitrogens is 2. The first-order chi connectivity index (χ1) is 7.83. The Kier molecular flexibility index (Phi) is 3.92.